The van der Waals surface area contributed by atoms with Crippen LogP contribution in [-0.2, 0) is 6.42 Å². The molecule has 1 atom stereocenters. The van der Waals surface area contributed by atoms with Crippen LogP contribution in [0.2, 0.25) is 0 Å². The third-order valence-corrected chi connectivity index (χ3v) is 2.62. The molecule has 0 fully saturated rings. The van der Waals surface area contributed by atoms with Gasteiger partial charge < -0.3 is 27.9 Å². The Hall–Kier alpha value is -1.19. The van der Waals surface area contributed by atoms with Gasteiger partial charge in [-0.3, -0.25) is 0 Å². The molecule has 0 saturated heterocycles. The van der Waals surface area contributed by atoms with Gasteiger partial charge in [-0.15, -0.1) is 0 Å². The highest BCUT2D eigenvalue weighted by Crippen LogP contribution is 2.24. The Balaban J connectivity index is 0.00000144. The Morgan fingerprint density at radius 2 is 2.18 bits per heavy atom. The largest absolute Gasteiger partial charge is 1.00 e. The number of quaternary nitrogens is 1. The molecule has 0 radical (unpaired) electrons. The molecule has 0 bridgehead atoms. The van der Waals surface area contributed by atoms with Crippen LogP contribution in [0.1, 0.15) is 19.4 Å². The number of ether oxygens (including phenoxy) is 1. The first-order chi connectivity index (χ1) is 7.70. The molecule has 0 aliphatic heterocycles. The van der Waals surface area contributed by atoms with Crippen molar-refractivity contribution in [1.29, 1.82) is 0 Å². The van der Waals surface area contributed by atoms with Gasteiger partial charge in [-0.1, -0.05) is 0 Å². The second-order valence-electron chi connectivity index (χ2n) is 4.26. The highest BCUT2D eigenvalue weighted by molar-refractivity contribution is 5.84. The fourth-order valence-corrected chi connectivity index (χ4v) is 1.96. The molecule has 1 heterocycles. The quantitative estimate of drug-likeness (QED) is 0.704. The first kappa shape index (κ1) is 13.9. The minimum atomic E-state index is 0. The van der Waals surface area contributed by atoms with Crippen molar-refractivity contribution in [1.82, 2.24) is 4.98 Å². The average Bonchev–Trinajstić information content (AvgIpc) is 2.61. The van der Waals surface area contributed by atoms with Crippen molar-refractivity contribution in [2.45, 2.75) is 26.3 Å². The van der Waals surface area contributed by atoms with Crippen LogP contribution >= 0.6 is 0 Å². The molecule has 4 N–H and O–H groups in total. The van der Waals surface area contributed by atoms with E-state index in [0.29, 0.717) is 12.6 Å². The minimum Gasteiger partial charge on any atom is -1.00 e. The number of nitrogens with one attached hydrogen (secondary N) is 1. The maximum atomic E-state index is 5.51. The molecule has 2 rings (SSSR count). The van der Waals surface area contributed by atoms with E-state index in [2.05, 4.69) is 36.0 Å². The molecule has 2 aromatic rings. The van der Waals surface area contributed by atoms with Gasteiger partial charge in [0, 0.05) is 23.5 Å². The van der Waals surface area contributed by atoms with Crippen molar-refractivity contribution < 1.29 is 22.9 Å². The molecule has 4 heteroatoms. The molecule has 0 amide bonds. The first-order valence-electron chi connectivity index (χ1n) is 5.76. The number of halogens is 1. The number of rotatable bonds is 4. The van der Waals surface area contributed by atoms with Crippen LogP contribution in [0.3, 0.4) is 0 Å². The zero-order valence-electron chi connectivity index (χ0n) is 10.3. The molecule has 0 unspecified atom stereocenters. The van der Waals surface area contributed by atoms with Crippen molar-refractivity contribution in [2.24, 2.45) is 0 Å². The van der Waals surface area contributed by atoms with Crippen LogP contribution in [0, 0.1) is 0 Å². The lowest BCUT2D eigenvalue weighted by atomic mass is 10.1. The molecular formula is C13H19ClN2O. The fourth-order valence-electron chi connectivity index (χ4n) is 1.96. The summed E-state index contributed by atoms with van der Waals surface area (Å²) in [6.45, 7) is 4.84. The Kier molecular flexibility index (Phi) is 4.85. The van der Waals surface area contributed by atoms with E-state index in [1.54, 1.807) is 0 Å². The van der Waals surface area contributed by atoms with Gasteiger partial charge in [0.05, 0.1) is 12.6 Å². The number of hydrogen-bond acceptors (Lipinski definition) is 1. The SMILES string of the molecule is CCOc1ccc2[nH]cc(C[C@@H](C)[NH3+])c2c1.[Cl-]. The number of aromatic nitrogens is 1. The molecule has 1 aromatic heterocycles. The number of hydrogen-bond donors (Lipinski definition) is 2. The molecule has 0 spiro atoms. The van der Waals surface area contributed by atoms with Gasteiger partial charge in [0.15, 0.2) is 0 Å². The summed E-state index contributed by atoms with van der Waals surface area (Å²) in [5, 5.41) is 1.25. The van der Waals surface area contributed by atoms with Gasteiger partial charge in [-0.25, -0.2) is 0 Å². The average molecular weight is 255 g/mol. The van der Waals surface area contributed by atoms with Crippen molar-refractivity contribution in [3.05, 3.63) is 30.0 Å². The summed E-state index contributed by atoms with van der Waals surface area (Å²) in [5.41, 5.74) is 6.52. The van der Waals surface area contributed by atoms with Crippen LogP contribution in [0.4, 0.5) is 0 Å². The Labute approximate surface area is 108 Å². The predicted octanol–water partition coefficient (Wildman–Crippen LogP) is -1.26. The number of fused-ring (bicyclic) bond motifs is 1. The first-order valence-corrected chi connectivity index (χ1v) is 5.76. The van der Waals surface area contributed by atoms with Crippen molar-refractivity contribution in [2.75, 3.05) is 6.61 Å². The lowest BCUT2D eigenvalue weighted by Gasteiger charge is -2.04. The molecule has 94 valence electrons. The van der Waals surface area contributed by atoms with Crippen molar-refractivity contribution >= 4 is 10.9 Å². The standard InChI is InChI=1S/C13H18N2O.ClH/c1-3-16-11-4-5-13-12(7-11)10(8-15-13)6-9(2)14;/h4-5,7-9,15H,3,6,14H2,1-2H3;1H/t9-;/m1./s1. The molecule has 0 saturated carbocycles. The van der Waals surface area contributed by atoms with E-state index in [1.807, 2.05) is 13.0 Å². The maximum absolute atomic E-state index is 5.51. The van der Waals surface area contributed by atoms with Crippen molar-refractivity contribution in [3.63, 3.8) is 0 Å². The van der Waals surface area contributed by atoms with Gasteiger partial charge in [0.25, 0.3) is 0 Å². The zero-order chi connectivity index (χ0) is 11.5. The lowest BCUT2D eigenvalue weighted by molar-refractivity contribution is -0.413. The summed E-state index contributed by atoms with van der Waals surface area (Å²) < 4.78 is 5.51. The Bertz CT molecular complexity index is 479. The van der Waals surface area contributed by atoms with Crippen LogP contribution in [0.5, 0.6) is 5.75 Å². The zero-order valence-corrected chi connectivity index (χ0v) is 11.1. The van der Waals surface area contributed by atoms with E-state index in [-0.39, 0.29) is 12.4 Å². The van der Waals surface area contributed by atoms with Gasteiger partial charge in [-0.05, 0) is 37.6 Å². The molecule has 0 aliphatic carbocycles. The monoisotopic (exact) mass is 254 g/mol. The summed E-state index contributed by atoms with van der Waals surface area (Å²) in [7, 11) is 0. The van der Waals surface area contributed by atoms with Gasteiger partial charge in [0.2, 0.25) is 0 Å². The molecule has 17 heavy (non-hydrogen) atoms. The summed E-state index contributed by atoms with van der Waals surface area (Å²) in [6.07, 6.45) is 3.07. The third kappa shape index (κ3) is 3.14. The van der Waals surface area contributed by atoms with E-state index in [4.69, 9.17) is 4.74 Å². The fraction of sp³-hybridized carbons (Fsp3) is 0.385. The normalized spacial score (nSPS) is 12.2. The summed E-state index contributed by atoms with van der Waals surface area (Å²) in [6, 6.07) is 6.60. The summed E-state index contributed by atoms with van der Waals surface area (Å²) >= 11 is 0. The highest BCUT2D eigenvalue weighted by atomic mass is 35.5. The van der Waals surface area contributed by atoms with Crippen LogP contribution < -0.4 is 22.9 Å². The minimum absolute atomic E-state index is 0. The number of aromatic amines is 1. The Morgan fingerprint density at radius 1 is 1.41 bits per heavy atom. The smallest absolute Gasteiger partial charge is 0.120 e. The number of H-pyrrole nitrogens is 1. The van der Waals surface area contributed by atoms with E-state index in [1.165, 1.54) is 16.5 Å². The summed E-state index contributed by atoms with van der Waals surface area (Å²) in [4.78, 5) is 3.28. The predicted molar refractivity (Wildman–Crippen MR) is 65.5 cm³/mol. The number of benzene rings is 1. The van der Waals surface area contributed by atoms with Gasteiger partial charge in [0.1, 0.15) is 5.75 Å². The van der Waals surface area contributed by atoms with E-state index >= 15 is 0 Å². The van der Waals surface area contributed by atoms with E-state index in [9.17, 15) is 0 Å². The van der Waals surface area contributed by atoms with Crippen LogP contribution in [-0.4, -0.2) is 17.6 Å². The second kappa shape index (κ2) is 5.94. The molecule has 1 aromatic carbocycles. The maximum Gasteiger partial charge on any atom is 0.120 e. The second-order valence-corrected chi connectivity index (χ2v) is 4.26. The van der Waals surface area contributed by atoms with Crippen molar-refractivity contribution in [3.8, 4) is 5.75 Å². The third-order valence-electron chi connectivity index (χ3n) is 2.62. The van der Waals surface area contributed by atoms with Crippen LogP contribution in [0.25, 0.3) is 10.9 Å². The lowest BCUT2D eigenvalue weighted by Crippen LogP contribution is -3.00. The topological polar surface area (TPSA) is 52.7 Å². The van der Waals surface area contributed by atoms with E-state index in [0.717, 1.165) is 12.2 Å². The van der Waals surface area contributed by atoms with Gasteiger partial charge in [-0.2, -0.15) is 0 Å². The highest BCUT2D eigenvalue weighted by Gasteiger charge is 2.08. The van der Waals surface area contributed by atoms with E-state index < -0.39 is 0 Å². The Morgan fingerprint density at radius 3 is 2.82 bits per heavy atom. The molecule has 0 aliphatic rings. The van der Waals surface area contributed by atoms with Crippen LogP contribution in [0.15, 0.2) is 24.4 Å². The van der Waals surface area contributed by atoms with Gasteiger partial charge >= 0.3 is 0 Å². The molecule has 3 nitrogen and oxygen atoms in total. The molecular weight excluding hydrogens is 236 g/mol. The summed E-state index contributed by atoms with van der Waals surface area (Å²) in [5.74, 6) is 0.938.